The van der Waals surface area contributed by atoms with Gasteiger partial charge in [-0.3, -0.25) is 4.79 Å². The van der Waals surface area contributed by atoms with Crippen molar-refractivity contribution < 1.29 is 9.18 Å². The first-order valence-corrected chi connectivity index (χ1v) is 9.23. The van der Waals surface area contributed by atoms with Crippen LogP contribution >= 0.6 is 11.6 Å². The summed E-state index contributed by atoms with van der Waals surface area (Å²) in [5.74, 6) is 1.03. The predicted octanol–water partition coefficient (Wildman–Crippen LogP) is 4.46. The fraction of sp³-hybridized carbons (Fsp3) is 0.579. The third-order valence-corrected chi connectivity index (χ3v) is 7.18. The number of amides is 1. The van der Waals surface area contributed by atoms with E-state index in [1.54, 1.807) is 6.92 Å². The van der Waals surface area contributed by atoms with E-state index in [1.165, 1.54) is 12.5 Å². The minimum Gasteiger partial charge on any atom is -0.348 e. The fourth-order valence-electron chi connectivity index (χ4n) is 4.90. The van der Waals surface area contributed by atoms with Gasteiger partial charge < -0.3 is 10.3 Å². The van der Waals surface area contributed by atoms with Crippen LogP contribution in [0.15, 0.2) is 6.07 Å². The van der Waals surface area contributed by atoms with Crippen LogP contribution in [0.4, 0.5) is 4.39 Å². The molecule has 3 saturated carbocycles. The van der Waals surface area contributed by atoms with E-state index in [9.17, 15) is 9.18 Å². The Labute approximate surface area is 151 Å². The van der Waals surface area contributed by atoms with Gasteiger partial charge in [-0.25, -0.2) is 9.37 Å². The molecule has 6 heteroatoms. The van der Waals surface area contributed by atoms with E-state index in [0.29, 0.717) is 40.2 Å². The number of carbonyl (C=O) groups is 1. The molecule has 2 aromatic rings. The van der Waals surface area contributed by atoms with Gasteiger partial charge in [0.05, 0.1) is 16.1 Å². The van der Waals surface area contributed by atoms with Crippen LogP contribution in [0, 0.1) is 35.9 Å². The molecule has 3 aliphatic rings. The quantitative estimate of drug-likeness (QED) is 0.827. The van der Waals surface area contributed by atoms with E-state index in [-0.39, 0.29) is 22.4 Å². The highest BCUT2D eigenvalue weighted by Crippen LogP contribution is 2.61. The minimum atomic E-state index is -0.534. The van der Waals surface area contributed by atoms with Crippen LogP contribution in [0.3, 0.4) is 0 Å². The van der Waals surface area contributed by atoms with Gasteiger partial charge in [-0.05, 0) is 49.0 Å². The van der Waals surface area contributed by atoms with Gasteiger partial charge in [0.1, 0.15) is 11.3 Å². The summed E-state index contributed by atoms with van der Waals surface area (Å²) in [6, 6.07) is 1.66. The number of rotatable bonds is 2. The van der Waals surface area contributed by atoms with Gasteiger partial charge >= 0.3 is 0 Å². The van der Waals surface area contributed by atoms with Crippen LogP contribution in [0.2, 0.25) is 5.02 Å². The lowest BCUT2D eigenvalue weighted by molar-refractivity contribution is -0.113. The molecule has 0 aromatic carbocycles. The molecule has 0 unspecified atom stereocenters. The first kappa shape index (κ1) is 16.8. The molecule has 2 heterocycles. The van der Waals surface area contributed by atoms with E-state index in [4.69, 9.17) is 11.6 Å². The zero-order valence-corrected chi connectivity index (χ0v) is 15.7. The topological polar surface area (TPSA) is 57.8 Å². The summed E-state index contributed by atoms with van der Waals surface area (Å²) in [6.07, 6.45) is 2.27. The number of carbonyl (C=O) groups excluding carboxylic acids is 1. The Morgan fingerprint density at radius 2 is 2.16 bits per heavy atom. The first-order valence-electron chi connectivity index (χ1n) is 8.85. The summed E-state index contributed by atoms with van der Waals surface area (Å²) >= 11 is 5.92. The number of hydrogen-bond donors (Lipinski definition) is 2. The normalized spacial score (nSPS) is 30.2. The molecule has 4 atom stereocenters. The first-order chi connectivity index (χ1) is 11.7. The lowest BCUT2D eigenvalue weighted by Gasteiger charge is -2.62. The number of halogens is 2. The third-order valence-electron chi connectivity index (χ3n) is 6.74. The smallest absolute Gasteiger partial charge is 0.268 e. The highest BCUT2D eigenvalue weighted by molar-refractivity contribution is 6.32. The van der Waals surface area contributed by atoms with Gasteiger partial charge in [-0.2, -0.15) is 0 Å². The molecule has 4 nitrogen and oxygen atoms in total. The van der Waals surface area contributed by atoms with Crippen molar-refractivity contribution in [2.45, 2.75) is 46.6 Å². The molecule has 3 aliphatic carbocycles. The molecular formula is C19H23ClFN3O. The Bertz CT molecular complexity index is 875. The van der Waals surface area contributed by atoms with E-state index >= 15 is 0 Å². The SMILES string of the molecule is Cc1nc2[nH]c(C(=O)N[C@H]3C[C@H]4C[C@@H]([C@@H]3C)C4(C)C)cc2c(F)c1Cl. The Morgan fingerprint density at radius 3 is 2.80 bits per heavy atom. The van der Waals surface area contributed by atoms with Crippen molar-refractivity contribution in [3.05, 3.63) is 28.3 Å². The van der Waals surface area contributed by atoms with Crippen molar-refractivity contribution in [2.75, 3.05) is 0 Å². The van der Waals surface area contributed by atoms with Crippen LogP contribution in [-0.4, -0.2) is 21.9 Å². The monoisotopic (exact) mass is 363 g/mol. The van der Waals surface area contributed by atoms with E-state index in [2.05, 4.69) is 36.1 Å². The Hall–Kier alpha value is -1.62. The molecule has 25 heavy (non-hydrogen) atoms. The molecule has 0 saturated heterocycles. The largest absolute Gasteiger partial charge is 0.348 e. The molecule has 134 valence electrons. The lowest BCUT2D eigenvalue weighted by atomic mass is 9.45. The number of pyridine rings is 1. The fourth-order valence-corrected chi connectivity index (χ4v) is 5.05. The number of aromatic nitrogens is 2. The van der Waals surface area contributed by atoms with E-state index in [0.717, 1.165) is 6.42 Å². The summed E-state index contributed by atoms with van der Waals surface area (Å²) in [5.41, 5.74) is 1.46. The Kier molecular flexibility index (Phi) is 3.66. The molecular weight excluding hydrogens is 341 g/mol. The molecule has 5 rings (SSSR count). The standard InChI is InChI=1S/C19H23ClFN3O/c1-8-12-5-10(19(12,3)4)6-13(8)24-18(25)14-7-11-16(21)15(20)9(2)22-17(11)23-14/h7-8,10,12-13H,5-6H2,1-4H3,(H,22,23)(H,24,25)/t8-,10+,12-,13-/m0/s1. The second-order valence-electron chi connectivity index (χ2n) is 8.31. The zero-order chi connectivity index (χ0) is 18.1. The van der Waals surface area contributed by atoms with Crippen LogP contribution in [0.1, 0.15) is 49.8 Å². The van der Waals surface area contributed by atoms with Gasteiger partial charge in [0.25, 0.3) is 5.91 Å². The molecule has 2 aromatic heterocycles. The summed E-state index contributed by atoms with van der Waals surface area (Å²) in [7, 11) is 0. The van der Waals surface area contributed by atoms with E-state index in [1.807, 2.05) is 0 Å². The lowest BCUT2D eigenvalue weighted by Crippen LogP contribution is -2.60. The van der Waals surface area contributed by atoms with Crippen molar-refractivity contribution in [1.82, 2.24) is 15.3 Å². The van der Waals surface area contributed by atoms with Crippen LogP contribution in [0.5, 0.6) is 0 Å². The van der Waals surface area contributed by atoms with Crippen molar-refractivity contribution in [2.24, 2.45) is 23.2 Å². The summed E-state index contributed by atoms with van der Waals surface area (Å²) in [4.78, 5) is 19.8. The van der Waals surface area contributed by atoms with Crippen LogP contribution in [-0.2, 0) is 0 Å². The molecule has 0 radical (unpaired) electrons. The predicted molar refractivity (Wildman–Crippen MR) is 96.2 cm³/mol. The van der Waals surface area contributed by atoms with Crippen molar-refractivity contribution in [1.29, 1.82) is 0 Å². The average Bonchev–Trinajstić information content (AvgIpc) is 2.98. The number of hydrogen-bond acceptors (Lipinski definition) is 2. The van der Waals surface area contributed by atoms with Gasteiger partial charge in [-0.15, -0.1) is 0 Å². The van der Waals surface area contributed by atoms with Gasteiger partial charge in [0.2, 0.25) is 0 Å². The maximum atomic E-state index is 14.3. The summed E-state index contributed by atoms with van der Waals surface area (Å²) < 4.78 is 14.3. The average molecular weight is 364 g/mol. The number of fused-ring (bicyclic) bond motifs is 3. The van der Waals surface area contributed by atoms with Crippen molar-refractivity contribution in [3.63, 3.8) is 0 Å². The van der Waals surface area contributed by atoms with Gasteiger partial charge in [0, 0.05) is 6.04 Å². The highest BCUT2D eigenvalue weighted by Gasteiger charge is 2.56. The summed E-state index contributed by atoms with van der Waals surface area (Å²) in [5, 5.41) is 3.39. The number of nitrogens with one attached hydrogen (secondary N) is 2. The highest BCUT2D eigenvalue weighted by atomic mass is 35.5. The summed E-state index contributed by atoms with van der Waals surface area (Å²) in [6.45, 7) is 8.53. The minimum absolute atomic E-state index is 0.00156. The number of nitrogens with zero attached hydrogens (tertiary/aromatic N) is 1. The molecule has 1 amide bonds. The van der Waals surface area contributed by atoms with Crippen molar-refractivity contribution in [3.8, 4) is 0 Å². The molecule has 0 spiro atoms. The second-order valence-corrected chi connectivity index (χ2v) is 8.68. The second kappa shape index (κ2) is 5.44. The number of aryl methyl sites for hydroxylation is 1. The maximum Gasteiger partial charge on any atom is 0.268 e. The number of aromatic amines is 1. The van der Waals surface area contributed by atoms with Gasteiger partial charge in [-0.1, -0.05) is 32.4 Å². The van der Waals surface area contributed by atoms with Crippen LogP contribution < -0.4 is 5.32 Å². The Morgan fingerprint density at radius 1 is 1.44 bits per heavy atom. The zero-order valence-electron chi connectivity index (χ0n) is 14.9. The third kappa shape index (κ3) is 2.39. The van der Waals surface area contributed by atoms with Crippen LogP contribution in [0.25, 0.3) is 11.0 Å². The van der Waals surface area contributed by atoms with Crippen molar-refractivity contribution >= 4 is 28.5 Å². The molecule has 0 aliphatic heterocycles. The number of H-pyrrole nitrogens is 1. The Balaban J connectivity index is 1.56. The molecule has 2 N–H and O–H groups in total. The van der Waals surface area contributed by atoms with E-state index < -0.39 is 5.82 Å². The molecule has 2 bridgehead atoms. The maximum absolute atomic E-state index is 14.3. The molecule has 3 fully saturated rings. The van der Waals surface area contributed by atoms with Gasteiger partial charge in [0.15, 0.2) is 5.82 Å².